The van der Waals surface area contributed by atoms with Crippen molar-refractivity contribution in [2.24, 2.45) is 0 Å². The van der Waals surface area contributed by atoms with Crippen LogP contribution in [0.1, 0.15) is 37.4 Å². The lowest BCUT2D eigenvalue weighted by molar-refractivity contribution is -0.0178. The summed E-state index contributed by atoms with van der Waals surface area (Å²) in [6, 6.07) is 9.97. The molecular weight excluding hydrogens is 254 g/mol. The summed E-state index contributed by atoms with van der Waals surface area (Å²) in [7, 11) is 1.73. The van der Waals surface area contributed by atoms with Crippen LogP contribution in [0.4, 0.5) is 5.69 Å². The Morgan fingerprint density at radius 3 is 2.70 bits per heavy atom. The fourth-order valence-electron chi connectivity index (χ4n) is 2.71. The molecular formula is C15H19N3O2. The van der Waals surface area contributed by atoms with Gasteiger partial charge in [0.15, 0.2) is 0 Å². The van der Waals surface area contributed by atoms with E-state index in [0.29, 0.717) is 18.3 Å². The number of para-hydroxylation sites is 1. The van der Waals surface area contributed by atoms with Crippen LogP contribution in [0.3, 0.4) is 0 Å². The zero-order chi connectivity index (χ0) is 13.8. The molecule has 0 bridgehead atoms. The number of nitrogens with one attached hydrogen (secondary N) is 1. The van der Waals surface area contributed by atoms with Gasteiger partial charge in [0.25, 0.3) is 0 Å². The van der Waals surface area contributed by atoms with Crippen LogP contribution < -0.4 is 5.32 Å². The van der Waals surface area contributed by atoms with Crippen molar-refractivity contribution in [1.82, 2.24) is 10.1 Å². The van der Waals surface area contributed by atoms with Gasteiger partial charge in [0.05, 0.1) is 6.54 Å². The number of rotatable bonds is 5. The van der Waals surface area contributed by atoms with E-state index in [1.807, 2.05) is 30.3 Å². The number of benzene rings is 1. The maximum atomic E-state index is 5.66. The first-order valence-electron chi connectivity index (χ1n) is 6.99. The van der Waals surface area contributed by atoms with Crippen molar-refractivity contribution in [3.05, 3.63) is 42.0 Å². The molecule has 0 aliphatic heterocycles. The standard InChI is InChI=1S/C15H19N3O2/c1-19-15(9-5-6-10-15)14-17-13(20-18-14)11-16-12-7-3-2-4-8-12/h2-4,7-8,16H,5-6,9-11H2,1H3. The second-order valence-electron chi connectivity index (χ2n) is 5.14. The lowest BCUT2D eigenvalue weighted by Crippen LogP contribution is -2.26. The summed E-state index contributed by atoms with van der Waals surface area (Å²) in [4.78, 5) is 4.49. The van der Waals surface area contributed by atoms with E-state index < -0.39 is 0 Å². The molecule has 0 radical (unpaired) electrons. The molecule has 1 saturated carbocycles. The van der Waals surface area contributed by atoms with Crippen LogP contribution in [-0.2, 0) is 16.9 Å². The van der Waals surface area contributed by atoms with Crippen LogP contribution in [0.15, 0.2) is 34.9 Å². The van der Waals surface area contributed by atoms with Gasteiger partial charge in [-0.25, -0.2) is 0 Å². The van der Waals surface area contributed by atoms with Gasteiger partial charge in [-0.2, -0.15) is 4.98 Å². The monoisotopic (exact) mass is 273 g/mol. The highest BCUT2D eigenvalue weighted by molar-refractivity contribution is 5.42. The number of ether oxygens (including phenoxy) is 1. The molecule has 1 N–H and O–H groups in total. The largest absolute Gasteiger partial charge is 0.376 e. The number of hydrogen-bond acceptors (Lipinski definition) is 5. The number of methoxy groups -OCH3 is 1. The molecule has 106 valence electrons. The van der Waals surface area contributed by atoms with Crippen molar-refractivity contribution in [2.45, 2.75) is 37.8 Å². The lowest BCUT2D eigenvalue weighted by atomic mass is 10.0. The van der Waals surface area contributed by atoms with Crippen LogP contribution in [0.25, 0.3) is 0 Å². The minimum Gasteiger partial charge on any atom is -0.376 e. The van der Waals surface area contributed by atoms with Gasteiger partial charge in [-0.15, -0.1) is 0 Å². The Labute approximate surface area is 118 Å². The van der Waals surface area contributed by atoms with Gasteiger partial charge >= 0.3 is 0 Å². The smallest absolute Gasteiger partial charge is 0.246 e. The summed E-state index contributed by atoms with van der Waals surface area (Å²) in [6.45, 7) is 0.525. The Morgan fingerprint density at radius 1 is 1.25 bits per heavy atom. The topological polar surface area (TPSA) is 60.2 Å². The highest BCUT2D eigenvalue weighted by Crippen LogP contribution is 2.40. The van der Waals surface area contributed by atoms with Crippen LogP contribution in [0, 0.1) is 0 Å². The average Bonchev–Trinajstić information content (AvgIpc) is 3.16. The molecule has 1 heterocycles. The first-order chi connectivity index (χ1) is 9.82. The quantitative estimate of drug-likeness (QED) is 0.907. The predicted octanol–water partition coefficient (Wildman–Crippen LogP) is 3.10. The summed E-state index contributed by atoms with van der Waals surface area (Å²) >= 11 is 0. The van der Waals surface area contributed by atoms with Gasteiger partial charge in [-0.3, -0.25) is 0 Å². The maximum absolute atomic E-state index is 5.66. The number of anilines is 1. The van der Waals surface area contributed by atoms with E-state index in [9.17, 15) is 0 Å². The molecule has 0 saturated heterocycles. The molecule has 3 rings (SSSR count). The molecule has 0 atom stereocenters. The van der Waals surface area contributed by atoms with Crippen molar-refractivity contribution in [2.75, 3.05) is 12.4 Å². The molecule has 1 aromatic carbocycles. The Balaban J connectivity index is 1.68. The second kappa shape index (κ2) is 5.63. The van der Waals surface area contributed by atoms with E-state index in [1.165, 1.54) is 0 Å². The van der Waals surface area contributed by atoms with Gasteiger partial charge in [-0.1, -0.05) is 23.4 Å². The molecule has 0 spiro atoms. The third kappa shape index (κ3) is 2.54. The molecule has 1 aliphatic carbocycles. The summed E-state index contributed by atoms with van der Waals surface area (Å²) in [5.74, 6) is 1.27. The molecule has 2 aromatic rings. The fourth-order valence-corrected chi connectivity index (χ4v) is 2.71. The molecule has 0 unspecified atom stereocenters. The summed E-state index contributed by atoms with van der Waals surface area (Å²) in [6.07, 6.45) is 4.24. The van der Waals surface area contributed by atoms with Gasteiger partial charge in [0.1, 0.15) is 5.60 Å². The molecule has 1 aromatic heterocycles. The zero-order valence-corrected chi connectivity index (χ0v) is 11.6. The summed E-state index contributed by atoms with van der Waals surface area (Å²) in [5.41, 5.74) is 0.698. The normalized spacial score (nSPS) is 17.2. The van der Waals surface area contributed by atoms with E-state index >= 15 is 0 Å². The molecule has 5 nitrogen and oxygen atoms in total. The molecule has 20 heavy (non-hydrogen) atoms. The first-order valence-corrected chi connectivity index (χ1v) is 6.99. The number of hydrogen-bond donors (Lipinski definition) is 1. The van der Waals surface area contributed by atoms with Crippen LogP contribution in [-0.4, -0.2) is 17.3 Å². The zero-order valence-electron chi connectivity index (χ0n) is 11.6. The average molecular weight is 273 g/mol. The highest BCUT2D eigenvalue weighted by atomic mass is 16.5. The van der Waals surface area contributed by atoms with Crippen molar-refractivity contribution in [1.29, 1.82) is 0 Å². The SMILES string of the molecule is COC1(c2noc(CNc3ccccc3)n2)CCCC1. The van der Waals surface area contributed by atoms with E-state index in [1.54, 1.807) is 7.11 Å². The van der Waals surface area contributed by atoms with Gasteiger partial charge in [0, 0.05) is 12.8 Å². The van der Waals surface area contributed by atoms with Crippen LogP contribution in [0.2, 0.25) is 0 Å². The summed E-state index contributed by atoms with van der Waals surface area (Å²) in [5, 5.41) is 7.36. The fraction of sp³-hybridized carbons (Fsp3) is 0.467. The van der Waals surface area contributed by atoms with Crippen molar-refractivity contribution >= 4 is 5.69 Å². The van der Waals surface area contributed by atoms with Gasteiger partial charge < -0.3 is 14.6 Å². The van der Waals surface area contributed by atoms with Crippen molar-refractivity contribution in [3.8, 4) is 0 Å². The Kier molecular flexibility index (Phi) is 3.69. The minimum absolute atomic E-state index is 0.339. The number of nitrogens with zero attached hydrogens (tertiary/aromatic N) is 2. The summed E-state index contributed by atoms with van der Waals surface area (Å²) < 4.78 is 11.0. The van der Waals surface area contributed by atoms with Crippen molar-refractivity contribution in [3.63, 3.8) is 0 Å². The number of aromatic nitrogens is 2. The first kappa shape index (κ1) is 13.1. The third-order valence-corrected chi connectivity index (χ3v) is 3.90. The lowest BCUT2D eigenvalue weighted by Gasteiger charge is -2.22. The van der Waals surface area contributed by atoms with E-state index in [2.05, 4.69) is 15.5 Å². The van der Waals surface area contributed by atoms with E-state index in [4.69, 9.17) is 9.26 Å². The minimum atomic E-state index is -0.339. The Morgan fingerprint density at radius 2 is 2.00 bits per heavy atom. The van der Waals surface area contributed by atoms with Crippen LogP contribution in [0.5, 0.6) is 0 Å². The molecule has 1 fully saturated rings. The predicted molar refractivity (Wildman–Crippen MR) is 75.2 cm³/mol. The second-order valence-corrected chi connectivity index (χ2v) is 5.14. The van der Waals surface area contributed by atoms with Gasteiger partial charge in [0.2, 0.25) is 11.7 Å². The Hall–Kier alpha value is -1.88. The third-order valence-electron chi connectivity index (χ3n) is 3.90. The Bertz CT molecular complexity index is 547. The van der Waals surface area contributed by atoms with Gasteiger partial charge in [-0.05, 0) is 37.8 Å². The van der Waals surface area contributed by atoms with Crippen LogP contribution >= 0.6 is 0 Å². The van der Waals surface area contributed by atoms with E-state index in [-0.39, 0.29) is 5.60 Å². The molecule has 5 heteroatoms. The highest BCUT2D eigenvalue weighted by Gasteiger charge is 2.40. The van der Waals surface area contributed by atoms with Crippen molar-refractivity contribution < 1.29 is 9.26 Å². The molecule has 1 aliphatic rings. The maximum Gasteiger partial charge on any atom is 0.246 e. The van der Waals surface area contributed by atoms with E-state index in [0.717, 1.165) is 31.4 Å². The molecule has 0 amide bonds.